The molecule has 0 aliphatic carbocycles. The summed E-state index contributed by atoms with van der Waals surface area (Å²) < 4.78 is 34.5. The van der Waals surface area contributed by atoms with Crippen molar-refractivity contribution in [2.75, 3.05) is 43.5 Å². The van der Waals surface area contributed by atoms with Crippen molar-refractivity contribution >= 4 is 22.5 Å². The van der Waals surface area contributed by atoms with E-state index in [1.54, 1.807) is 26.2 Å². The van der Waals surface area contributed by atoms with Gasteiger partial charge in [-0.2, -0.15) is 4.98 Å². The van der Waals surface area contributed by atoms with Crippen LogP contribution in [0.2, 0.25) is 0 Å². The van der Waals surface area contributed by atoms with Crippen LogP contribution >= 0.6 is 0 Å². The lowest BCUT2D eigenvalue weighted by Crippen LogP contribution is -2.49. The van der Waals surface area contributed by atoms with E-state index in [1.165, 1.54) is 13.0 Å². The molecule has 3 heterocycles. The Kier molecular flexibility index (Phi) is 7.35. The molecular formula is C26H34F2N6O. The number of pyridine rings is 1. The fraction of sp³-hybridized carbons (Fsp3) is 0.500. The van der Waals surface area contributed by atoms with Crippen molar-refractivity contribution in [3.8, 4) is 5.88 Å². The lowest BCUT2D eigenvalue weighted by molar-refractivity contribution is 0.209. The Bertz CT molecular complexity index is 1190. The standard InChI is InChI=1S/C26H34F2N6O/c1-15(2)33-10-12-34(13-11-33)22-14-21-24(30-18(5)31-25(21)32-26(22)35-6)29-17(4)20-9-7-8-19(16(3)27)23(20)28/h7-9,14-17H,10-13H2,1-6H3,(H,29,30,31,32)/t16?,17-/m1/s1. The van der Waals surface area contributed by atoms with Crippen LogP contribution in [0, 0.1) is 12.7 Å². The number of alkyl halides is 1. The molecule has 0 radical (unpaired) electrons. The first-order valence-electron chi connectivity index (χ1n) is 12.1. The smallest absolute Gasteiger partial charge is 0.239 e. The number of halogens is 2. The fourth-order valence-electron chi connectivity index (χ4n) is 4.60. The average Bonchev–Trinajstić information content (AvgIpc) is 2.83. The Labute approximate surface area is 205 Å². The summed E-state index contributed by atoms with van der Waals surface area (Å²) in [7, 11) is 1.61. The second-order valence-corrected chi connectivity index (χ2v) is 9.36. The summed E-state index contributed by atoms with van der Waals surface area (Å²) in [6, 6.07) is 6.86. The third kappa shape index (κ3) is 5.15. The monoisotopic (exact) mass is 484 g/mol. The molecule has 1 aliphatic heterocycles. The molecule has 1 saturated heterocycles. The van der Waals surface area contributed by atoms with Gasteiger partial charge in [-0.1, -0.05) is 18.2 Å². The van der Waals surface area contributed by atoms with Gasteiger partial charge in [-0.15, -0.1) is 0 Å². The quantitative estimate of drug-likeness (QED) is 0.493. The third-order valence-electron chi connectivity index (χ3n) is 6.63. The van der Waals surface area contributed by atoms with Gasteiger partial charge < -0.3 is 15.0 Å². The molecule has 1 N–H and O–H groups in total. The van der Waals surface area contributed by atoms with E-state index in [0.717, 1.165) is 37.3 Å². The number of methoxy groups -OCH3 is 1. The summed E-state index contributed by atoms with van der Waals surface area (Å²) in [6.45, 7) is 13.0. The number of aryl methyl sites for hydroxylation is 1. The van der Waals surface area contributed by atoms with Gasteiger partial charge in [0.1, 0.15) is 29.3 Å². The average molecular weight is 485 g/mol. The maximum atomic E-state index is 15.0. The molecule has 188 valence electrons. The predicted octanol–water partition coefficient (Wildman–Crippen LogP) is 5.21. The van der Waals surface area contributed by atoms with Gasteiger partial charge in [-0.25, -0.2) is 18.7 Å². The molecule has 0 saturated carbocycles. The zero-order chi connectivity index (χ0) is 25.3. The Balaban J connectivity index is 1.71. The second kappa shape index (κ2) is 10.3. The molecule has 9 heteroatoms. The maximum absolute atomic E-state index is 15.0. The highest BCUT2D eigenvalue weighted by Crippen LogP contribution is 2.35. The van der Waals surface area contributed by atoms with Gasteiger partial charge >= 0.3 is 0 Å². The van der Waals surface area contributed by atoms with Crippen LogP contribution in [0.15, 0.2) is 24.3 Å². The van der Waals surface area contributed by atoms with Gasteiger partial charge in [0.2, 0.25) is 5.88 Å². The molecule has 4 rings (SSSR count). The Morgan fingerprint density at radius 3 is 2.31 bits per heavy atom. The number of rotatable bonds is 7. The van der Waals surface area contributed by atoms with Gasteiger partial charge in [0.15, 0.2) is 5.65 Å². The van der Waals surface area contributed by atoms with E-state index < -0.39 is 18.0 Å². The number of aromatic nitrogens is 3. The highest BCUT2D eigenvalue weighted by Gasteiger charge is 2.24. The lowest BCUT2D eigenvalue weighted by atomic mass is 10.0. The number of fused-ring (bicyclic) bond motifs is 1. The number of nitrogens with one attached hydrogen (secondary N) is 1. The Morgan fingerprint density at radius 2 is 1.69 bits per heavy atom. The Morgan fingerprint density at radius 1 is 1.00 bits per heavy atom. The van der Waals surface area contributed by atoms with Crippen molar-refractivity contribution in [3.05, 3.63) is 47.0 Å². The first-order valence-corrected chi connectivity index (χ1v) is 12.1. The maximum Gasteiger partial charge on any atom is 0.239 e. The van der Waals surface area contributed by atoms with Crippen LogP contribution in [0.5, 0.6) is 5.88 Å². The highest BCUT2D eigenvalue weighted by atomic mass is 19.1. The molecule has 0 amide bonds. The second-order valence-electron chi connectivity index (χ2n) is 9.36. The van der Waals surface area contributed by atoms with Crippen LogP contribution in [0.1, 0.15) is 56.9 Å². The van der Waals surface area contributed by atoms with E-state index in [-0.39, 0.29) is 5.56 Å². The number of benzene rings is 1. The van der Waals surface area contributed by atoms with Crippen molar-refractivity contribution in [1.29, 1.82) is 0 Å². The van der Waals surface area contributed by atoms with E-state index in [2.05, 4.69) is 43.9 Å². The summed E-state index contributed by atoms with van der Waals surface area (Å²) in [5, 5.41) is 4.04. The summed E-state index contributed by atoms with van der Waals surface area (Å²) in [5.41, 5.74) is 1.81. The summed E-state index contributed by atoms with van der Waals surface area (Å²) in [5.74, 6) is 1.06. The highest BCUT2D eigenvalue weighted by molar-refractivity contribution is 5.90. The normalized spacial score (nSPS) is 16.5. The van der Waals surface area contributed by atoms with Crippen LogP contribution in [0.3, 0.4) is 0 Å². The topological polar surface area (TPSA) is 66.4 Å². The molecule has 7 nitrogen and oxygen atoms in total. The van der Waals surface area contributed by atoms with Crippen molar-refractivity contribution in [1.82, 2.24) is 19.9 Å². The van der Waals surface area contributed by atoms with Crippen LogP contribution in [-0.4, -0.2) is 59.2 Å². The van der Waals surface area contributed by atoms with E-state index in [4.69, 9.17) is 4.74 Å². The summed E-state index contributed by atoms with van der Waals surface area (Å²) in [6.07, 6.45) is -1.39. The molecule has 35 heavy (non-hydrogen) atoms. The summed E-state index contributed by atoms with van der Waals surface area (Å²) in [4.78, 5) is 18.5. The predicted molar refractivity (Wildman–Crippen MR) is 136 cm³/mol. The number of nitrogens with zero attached hydrogens (tertiary/aromatic N) is 5. The first-order chi connectivity index (χ1) is 16.7. The number of anilines is 2. The van der Waals surface area contributed by atoms with Crippen molar-refractivity contribution in [2.45, 2.75) is 52.9 Å². The lowest BCUT2D eigenvalue weighted by Gasteiger charge is -2.38. The van der Waals surface area contributed by atoms with Crippen molar-refractivity contribution in [3.63, 3.8) is 0 Å². The third-order valence-corrected chi connectivity index (χ3v) is 6.63. The van der Waals surface area contributed by atoms with E-state index in [1.807, 2.05) is 13.0 Å². The van der Waals surface area contributed by atoms with Gasteiger partial charge in [-0.05, 0) is 40.7 Å². The molecule has 1 unspecified atom stereocenters. The number of hydrogen-bond donors (Lipinski definition) is 1. The number of piperazine rings is 1. The minimum atomic E-state index is -1.39. The van der Waals surface area contributed by atoms with Gasteiger partial charge in [0.05, 0.1) is 18.5 Å². The van der Waals surface area contributed by atoms with Crippen molar-refractivity contribution in [2.24, 2.45) is 0 Å². The number of hydrogen-bond acceptors (Lipinski definition) is 7. The fourth-order valence-corrected chi connectivity index (χ4v) is 4.60. The Hall–Kier alpha value is -3.07. The van der Waals surface area contributed by atoms with Gasteiger partial charge in [0, 0.05) is 43.3 Å². The first kappa shape index (κ1) is 25.0. The molecule has 2 atom stereocenters. The molecule has 1 aliphatic rings. The molecule has 2 aromatic heterocycles. The van der Waals surface area contributed by atoms with Crippen molar-refractivity contribution < 1.29 is 13.5 Å². The van der Waals surface area contributed by atoms with Crippen LogP contribution in [0.4, 0.5) is 20.3 Å². The molecular weight excluding hydrogens is 450 g/mol. The van der Waals surface area contributed by atoms with E-state index in [9.17, 15) is 4.39 Å². The molecule has 1 aromatic carbocycles. The van der Waals surface area contributed by atoms with Gasteiger partial charge in [-0.3, -0.25) is 4.90 Å². The summed E-state index contributed by atoms with van der Waals surface area (Å²) >= 11 is 0. The largest absolute Gasteiger partial charge is 0.479 e. The zero-order valence-electron chi connectivity index (χ0n) is 21.3. The van der Waals surface area contributed by atoms with Crippen LogP contribution < -0.4 is 15.0 Å². The van der Waals surface area contributed by atoms with Crippen LogP contribution in [-0.2, 0) is 0 Å². The molecule has 0 spiro atoms. The SMILES string of the molecule is COc1nc2nc(C)nc(N[C@H](C)c3cccc(C(C)F)c3F)c2cc1N1CCN(C(C)C)CC1. The minimum Gasteiger partial charge on any atom is -0.479 e. The van der Waals surface area contributed by atoms with E-state index in [0.29, 0.717) is 34.8 Å². The van der Waals surface area contributed by atoms with Gasteiger partial charge in [0.25, 0.3) is 0 Å². The number of ether oxygens (including phenoxy) is 1. The van der Waals surface area contributed by atoms with Crippen LogP contribution in [0.25, 0.3) is 11.0 Å². The zero-order valence-corrected chi connectivity index (χ0v) is 21.3. The molecule has 1 fully saturated rings. The molecule has 3 aromatic rings. The molecule has 0 bridgehead atoms. The minimum absolute atomic E-state index is 0.0501. The van der Waals surface area contributed by atoms with E-state index >= 15 is 4.39 Å².